The topological polar surface area (TPSA) is 210 Å². The number of para-hydroxylation sites is 2. The number of benzene rings is 3. The first-order valence-electron chi connectivity index (χ1n) is 21.7. The fraction of sp³-hybridized carbons (Fsp3) is 0.420. The van der Waals surface area contributed by atoms with E-state index in [1.807, 2.05) is 30.3 Å². The lowest BCUT2D eigenvalue weighted by molar-refractivity contribution is -0.159. The van der Waals surface area contributed by atoms with Gasteiger partial charge in [-0.3, -0.25) is 33.8 Å². The van der Waals surface area contributed by atoms with Crippen LogP contribution in [0.25, 0.3) is 10.9 Å². The molecule has 1 aromatic heterocycles. The number of hydrogen-bond donors (Lipinski definition) is 2. The van der Waals surface area contributed by atoms with E-state index in [4.69, 9.17) is 23.4 Å². The number of fused-ring (bicyclic) bond motifs is 1. The number of ketones is 1. The molecule has 0 unspecified atom stereocenters. The van der Waals surface area contributed by atoms with Crippen molar-refractivity contribution < 1.29 is 55.6 Å². The fourth-order valence-electron chi connectivity index (χ4n) is 6.64. The maximum atomic E-state index is 14.5. The van der Waals surface area contributed by atoms with E-state index in [1.54, 1.807) is 110 Å². The van der Waals surface area contributed by atoms with Crippen LogP contribution in [0.5, 0.6) is 5.75 Å². The molecular formula is C50H61N3O12S. The van der Waals surface area contributed by atoms with Crippen molar-refractivity contribution in [1.82, 2.24) is 15.6 Å². The smallest absolute Gasteiger partial charge is 0.332 e. The van der Waals surface area contributed by atoms with Crippen molar-refractivity contribution in [3.8, 4) is 5.75 Å². The normalized spacial score (nSPS) is 13.8. The minimum atomic E-state index is -4.35. The maximum absolute atomic E-state index is 14.5. The second kappa shape index (κ2) is 23.7. The van der Waals surface area contributed by atoms with Gasteiger partial charge >= 0.3 is 28.0 Å². The highest BCUT2D eigenvalue weighted by molar-refractivity contribution is 7.90. The van der Waals surface area contributed by atoms with E-state index in [0.717, 1.165) is 16.9 Å². The van der Waals surface area contributed by atoms with E-state index < -0.39 is 112 Å². The van der Waals surface area contributed by atoms with E-state index in [-0.39, 0.29) is 18.8 Å². The summed E-state index contributed by atoms with van der Waals surface area (Å²) in [7, 11) is -4.35. The van der Waals surface area contributed by atoms with Gasteiger partial charge in [-0.05, 0) is 83.4 Å². The molecule has 0 aliphatic heterocycles. The summed E-state index contributed by atoms with van der Waals surface area (Å²) in [4.78, 5) is 87.0. The Labute approximate surface area is 387 Å². The van der Waals surface area contributed by atoms with E-state index in [9.17, 15) is 37.2 Å². The summed E-state index contributed by atoms with van der Waals surface area (Å²) in [6, 6.07) is 25.0. The molecule has 4 rings (SSSR count). The summed E-state index contributed by atoms with van der Waals surface area (Å²) in [5.74, 6) is -7.10. The minimum absolute atomic E-state index is 0.0490. The molecular weight excluding hydrogens is 867 g/mol. The number of amides is 2. The number of aromatic nitrogens is 1. The summed E-state index contributed by atoms with van der Waals surface area (Å²) < 4.78 is 47.4. The Balaban J connectivity index is 1.62. The van der Waals surface area contributed by atoms with Gasteiger partial charge in [-0.25, -0.2) is 0 Å². The molecule has 0 radical (unpaired) electrons. The zero-order valence-electron chi connectivity index (χ0n) is 38.8. The van der Waals surface area contributed by atoms with Crippen LogP contribution in [0.15, 0.2) is 109 Å². The number of carbonyl (C=O) groups excluding carboxylic acids is 6. The number of pyridine rings is 1. The zero-order valence-corrected chi connectivity index (χ0v) is 39.6. The van der Waals surface area contributed by atoms with Crippen LogP contribution in [0.4, 0.5) is 0 Å². The lowest BCUT2D eigenvalue weighted by atomic mass is 9.86. The van der Waals surface area contributed by atoms with Crippen LogP contribution in [-0.2, 0) is 66.1 Å². The van der Waals surface area contributed by atoms with Crippen molar-refractivity contribution in [1.29, 1.82) is 0 Å². The minimum Gasteiger partial charge on any atom is -0.461 e. The molecule has 0 aliphatic rings. The molecule has 3 aromatic carbocycles. The third kappa shape index (κ3) is 18.6. The Morgan fingerprint density at radius 3 is 1.86 bits per heavy atom. The number of esters is 3. The van der Waals surface area contributed by atoms with Gasteiger partial charge in [0.25, 0.3) is 0 Å². The van der Waals surface area contributed by atoms with Crippen molar-refractivity contribution in [3.63, 3.8) is 0 Å². The molecule has 0 saturated heterocycles. The summed E-state index contributed by atoms with van der Waals surface area (Å²) in [5, 5.41) is 7.04. The molecule has 0 bridgehead atoms. The Morgan fingerprint density at radius 1 is 0.667 bits per heavy atom. The van der Waals surface area contributed by atoms with Crippen molar-refractivity contribution in [3.05, 3.63) is 120 Å². The second-order valence-corrected chi connectivity index (χ2v) is 19.7. The number of carbonyl (C=O) groups is 6. The van der Waals surface area contributed by atoms with Gasteiger partial charge in [-0.15, -0.1) is 0 Å². The van der Waals surface area contributed by atoms with Gasteiger partial charge in [-0.2, -0.15) is 8.42 Å². The van der Waals surface area contributed by atoms with Gasteiger partial charge in [0, 0.05) is 29.8 Å². The summed E-state index contributed by atoms with van der Waals surface area (Å²) in [6.07, 6.45) is -0.919. The zero-order chi connectivity index (χ0) is 48.7. The number of nitrogens with zero attached hydrogens (tertiary/aromatic N) is 1. The predicted octanol–water partition coefficient (Wildman–Crippen LogP) is 7.11. The first kappa shape index (κ1) is 52.2. The molecule has 15 nitrogen and oxygen atoms in total. The van der Waals surface area contributed by atoms with Crippen LogP contribution in [0.3, 0.4) is 0 Å². The quantitative estimate of drug-likeness (QED) is 0.0458. The molecule has 0 fully saturated rings. The van der Waals surface area contributed by atoms with Crippen LogP contribution in [0.1, 0.15) is 92.3 Å². The van der Waals surface area contributed by atoms with Crippen LogP contribution in [0.2, 0.25) is 0 Å². The van der Waals surface area contributed by atoms with Gasteiger partial charge in [0.1, 0.15) is 23.6 Å². The SMILES string of the molecule is CC(C)[C@H](CC(=O)[C@H](Cc1ccc2ccccc2n1)NC(=O)[C@@H](CC(=O)OCc1ccccc1)CC(=O)OC(C)(C)C)C(=O)N[C@H](/C=C/S(=O)(=O)Oc1ccccc1)CC(=O)OC(C)(C)C. The standard InChI is InChI=1S/C50H61N3O12S/c1-33(2)40(48(59)52-38(30-46(57)64-50(6,7)8)25-26-66(60,61)65-39-20-13-10-14-21-39)31-43(54)42(29-37-24-23-35-19-15-16-22-41(35)51-37)53-47(58)36(28-45(56)63-49(3,4)5)27-44(55)62-32-34-17-11-9-12-18-34/h9-26,33,36,38,40,42H,27-32H2,1-8H3,(H,52,59)(H,53,58)/b26-25+/t36-,38+,40-,42-/m0/s1. The molecule has 4 aromatic rings. The molecule has 0 saturated carbocycles. The highest BCUT2D eigenvalue weighted by atomic mass is 32.2. The Hall–Kier alpha value is -6.42. The molecule has 354 valence electrons. The van der Waals surface area contributed by atoms with E-state index in [2.05, 4.69) is 10.6 Å². The molecule has 0 aliphatic carbocycles. The molecule has 0 spiro atoms. The third-order valence-electron chi connectivity index (χ3n) is 9.76. The third-order valence-corrected chi connectivity index (χ3v) is 10.7. The number of rotatable bonds is 22. The van der Waals surface area contributed by atoms with Crippen molar-refractivity contribution in [2.45, 2.75) is 117 Å². The molecule has 66 heavy (non-hydrogen) atoms. The monoisotopic (exact) mass is 927 g/mol. The highest BCUT2D eigenvalue weighted by Gasteiger charge is 2.35. The fourth-order valence-corrected chi connectivity index (χ4v) is 7.46. The van der Waals surface area contributed by atoms with Gasteiger partial charge in [0.2, 0.25) is 11.8 Å². The largest absolute Gasteiger partial charge is 0.461 e. The van der Waals surface area contributed by atoms with Crippen LogP contribution < -0.4 is 14.8 Å². The molecule has 1 heterocycles. The summed E-state index contributed by atoms with van der Waals surface area (Å²) in [5.41, 5.74) is -0.00434. The lowest BCUT2D eigenvalue weighted by Gasteiger charge is -2.27. The van der Waals surface area contributed by atoms with Crippen LogP contribution in [0, 0.1) is 17.8 Å². The number of Topliss-reactive ketones (excluding diaryl/α,β-unsaturated/α-hetero) is 1. The van der Waals surface area contributed by atoms with Gasteiger partial charge in [0.05, 0.1) is 48.2 Å². The summed E-state index contributed by atoms with van der Waals surface area (Å²) in [6.45, 7) is 13.3. The molecule has 16 heteroatoms. The lowest BCUT2D eigenvalue weighted by Crippen LogP contribution is -2.48. The molecule has 2 N–H and O–H groups in total. The first-order valence-corrected chi connectivity index (χ1v) is 23.2. The Bertz CT molecular complexity index is 2440. The predicted molar refractivity (Wildman–Crippen MR) is 248 cm³/mol. The molecule has 2 amide bonds. The van der Waals surface area contributed by atoms with E-state index >= 15 is 0 Å². The van der Waals surface area contributed by atoms with Crippen molar-refractivity contribution in [2.75, 3.05) is 0 Å². The van der Waals surface area contributed by atoms with Crippen molar-refractivity contribution in [2.24, 2.45) is 17.8 Å². The van der Waals surface area contributed by atoms with Crippen LogP contribution >= 0.6 is 0 Å². The number of hydrogen-bond acceptors (Lipinski definition) is 13. The van der Waals surface area contributed by atoms with Crippen LogP contribution in [-0.4, -0.2) is 72.2 Å². The summed E-state index contributed by atoms with van der Waals surface area (Å²) >= 11 is 0. The van der Waals surface area contributed by atoms with Gasteiger partial charge in [-0.1, -0.05) is 86.6 Å². The highest BCUT2D eigenvalue weighted by Crippen LogP contribution is 2.23. The van der Waals surface area contributed by atoms with E-state index in [1.165, 1.54) is 12.1 Å². The average Bonchev–Trinajstić information content (AvgIpc) is 3.22. The average molecular weight is 928 g/mol. The van der Waals surface area contributed by atoms with E-state index in [0.29, 0.717) is 16.8 Å². The van der Waals surface area contributed by atoms with Gasteiger partial charge in [0.15, 0.2) is 5.78 Å². The molecule has 4 atom stereocenters. The van der Waals surface area contributed by atoms with Gasteiger partial charge < -0.3 is 29.0 Å². The first-order chi connectivity index (χ1) is 30.9. The number of nitrogens with one attached hydrogen (secondary N) is 2. The Kier molecular flexibility index (Phi) is 18.7. The Morgan fingerprint density at radius 2 is 1.24 bits per heavy atom. The van der Waals surface area contributed by atoms with Crippen molar-refractivity contribution >= 4 is 56.5 Å². The second-order valence-electron chi connectivity index (χ2n) is 18.2. The maximum Gasteiger partial charge on any atom is 0.332 e. The number of ether oxygens (including phenoxy) is 3.